The van der Waals surface area contributed by atoms with E-state index in [1.165, 1.54) is 68.1 Å². The van der Waals surface area contributed by atoms with Crippen LogP contribution in [-0.2, 0) is 11.2 Å². The molecule has 0 N–H and O–H groups in total. The first-order chi connectivity index (χ1) is 17.2. The van der Waals surface area contributed by atoms with Crippen LogP contribution in [0.5, 0.6) is 0 Å². The van der Waals surface area contributed by atoms with Crippen LogP contribution in [0.1, 0.15) is 101 Å². The predicted molar refractivity (Wildman–Crippen MR) is 153 cm³/mol. The number of ether oxygens (including phenoxy) is 1. The molecule has 0 heterocycles. The average molecular weight is 473 g/mol. The van der Waals surface area contributed by atoms with Crippen LogP contribution < -0.4 is 0 Å². The summed E-state index contributed by atoms with van der Waals surface area (Å²) in [5.41, 5.74) is 3.83. The lowest BCUT2D eigenvalue weighted by atomic mass is 9.98. The number of hydrogen-bond acceptors (Lipinski definition) is 1. The van der Waals surface area contributed by atoms with Gasteiger partial charge >= 0.3 is 0 Å². The third-order valence-corrected chi connectivity index (χ3v) is 6.48. The van der Waals surface area contributed by atoms with E-state index in [0.29, 0.717) is 5.92 Å². The van der Waals surface area contributed by atoms with E-state index in [1.807, 2.05) is 12.1 Å². The summed E-state index contributed by atoms with van der Waals surface area (Å²) in [6, 6.07) is 31.7. The van der Waals surface area contributed by atoms with Crippen molar-refractivity contribution in [3.8, 4) is 0 Å². The molecule has 0 saturated carbocycles. The monoisotopic (exact) mass is 472 g/mol. The minimum Gasteiger partial charge on any atom is -0.369 e. The van der Waals surface area contributed by atoms with Crippen LogP contribution in [0.25, 0.3) is 0 Å². The lowest BCUT2D eigenvalue weighted by molar-refractivity contribution is 0.0707. The Morgan fingerprint density at radius 1 is 0.571 bits per heavy atom. The second-order valence-corrected chi connectivity index (χ2v) is 9.78. The molecule has 190 valence electrons. The summed E-state index contributed by atoms with van der Waals surface area (Å²) in [4.78, 5) is 0. The zero-order valence-electron chi connectivity index (χ0n) is 22.5. The van der Waals surface area contributed by atoms with Gasteiger partial charge in [0.15, 0.2) is 0 Å². The van der Waals surface area contributed by atoms with Gasteiger partial charge in [0.05, 0.1) is 0 Å². The summed E-state index contributed by atoms with van der Waals surface area (Å²) < 4.78 is 6.32. The molecular formula is C34H48O. The quantitative estimate of drug-likeness (QED) is 0.200. The third-order valence-electron chi connectivity index (χ3n) is 6.48. The molecule has 35 heavy (non-hydrogen) atoms. The van der Waals surface area contributed by atoms with E-state index in [0.717, 1.165) is 19.4 Å². The molecule has 0 spiro atoms. The molecule has 0 saturated heterocycles. The molecule has 0 fully saturated rings. The highest BCUT2D eigenvalue weighted by Gasteiger charge is 2.15. The largest absolute Gasteiger partial charge is 0.369 e. The smallest absolute Gasteiger partial charge is 0.108 e. The number of benzene rings is 3. The van der Waals surface area contributed by atoms with Crippen LogP contribution in [-0.4, -0.2) is 6.61 Å². The van der Waals surface area contributed by atoms with E-state index in [9.17, 15) is 0 Å². The van der Waals surface area contributed by atoms with Crippen LogP contribution in [0.4, 0.5) is 0 Å². The van der Waals surface area contributed by atoms with Crippen LogP contribution in [0.15, 0.2) is 91.0 Å². The molecule has 3 aromatic carbocycles. The van der Waals surface area contributed by atoms with E-state index in [2.05, 4.69) is 99.6 Å². The molecular weight excluding hydrogens is 424 g/mol. The van der Waals surface area contributed by atoms with Crippen LogP contribution >= 0.6 is 0 Å². The minimum atomic E-state index is 0.00586. The van der Waals surface area contributed by atoms with Crippen molar-refractivity contribution in [2.75, 3.05) is 6.61 Å². The molecule has 0 bridgehead atoms. The first kappa shape index (κ1) is 28.9. The van der Waals surface area contributed by atoms with Crippen molar-refractivity contribution in [2.24, 2.45) is 5.92 Å². The van der Waals surface area contributed by atoms with Crippen LogP contribution in [0, 0.1) is 5.92 Å². The predicted octanol–water partition coefficient (Wildman–Crippen LogP) is 10.2. The van der Waals surface area contributed by atoms with Gasteiger partial charge in [0.1, 0.15) is 6.10 Å². The van der Waals surface area contributed by atoms with Gasteiger partial charge in [-0.3, -0.25) is 0 Å². The molecule has 0 aliphatic rings. The van der Waals surface area contributed by atoms with Gasteiger partial charge in [-0.05, 0) is 35.4 Å². The maximum atomic E-state index is 6.32. The molecule has 1 atom stereocenters. The Labute approximate surface area is 216 Å². The molecule has 0 aromatic heterocycles. The minimum absolute atomic E-state index is 0.00586. The Balaban J connectivity index is 0.000000367. The lowest BCUT2D eigenvalue weighted by Gasteiger charge is -2.20. The summed E-state index contributed by atoms with van der Waals surface area (Å²) in [5.74, 6) is 0.606. The standard InChI is InChI=1S/C24H26O.C10H22/c1-20(19-21-11-5-2-6-12-21)17-18-25-24(22-13-7-3-8-14-22)23-15-9-4-10-16-23;1-3-5-7-9-10-8-6-4-2/h2-16,20,24H,17-19H2,1H3;3-10H2,1-2H3. The highest BCUT2D eigenvalue weighted by atomic mass is 16.5. The van der Waals surface area contributed by atoms with Crippen molar-refractivity contribution in [1.82, 2.24) is 0 Å². The maximum absolute atomic E-state index is 6.32. The van der Waals surface area contributed by atoms with E-state index in [4.69, 9.17) is 4.74 Å². The maximum Gasteiger partial charge on any atom is 0.108 e. The van der Waals surface area contributed by atoms with Crippen molar-refractivity contribution >= 4 is 0 Å². The van der Waals surface area contributed by atoms with Crippen molar-refractivity contribution < 1.29 is 4.74 Å². The van der Waals surface area contributed by atoms with E-state index in [-0.39, 0.29) is 6.10 Å². The lowest BCUT2D eigenvalue weighted by Crippen LogP contribution is -2.10. The Hall–Kier alpha value is -2.38. The topological polar surface area (TPSA) is 9.23 Å². The van der Waals surface area contributed by atoms with Crippen molar-refractivity contribution in [1.29, 1.82) is 0 Å². The van der Waals surface area contributed by atoms with Gasteiger partial charge in [0.2, 0.25) is 0 Å². The number of hydrogen-bond donors (Lipinski definition) is 0. The molecule has 3 rings (SSSR count). The normalized spacial score (nSPS) is 11.7. The van der Waals surface area contributed by atoms with Crippen molar-refractivity contribution in [3.05, 3.63) is 108 Å². The Morgan fingerprint density at radius 2 is 1.00 bits per heavy atom. The van der Waals surface area contributed by atoms with E-state index < -0.39 is 0 Å². The molecule has 1 heteroatoms. The summed E-state index contributed by atoms with van der Waals surface area (Å²) in [6.07, 6.45) is 13.6. The average Bonchev–Trinajstić information content (AvgIpc) is 2.91. The first-order valence-electron chi connectivity index (χ1n) is 14.0. The molecule has 3 aromatic rings. The van der Waals surface area contributed by atoms with Crippen molar-refractivity contribution in [2.45, 2.75) is 91.1 Å². The van der Waals surface area contributed by atoms with Gasteiger partial charge in [0.25, 0.3) is 0 Å². The van der Waals surface area contributed by atoms with E-state index in [1.54, 1.807) is 0 Å². The van der Waals surface area contributed by atoms with Crippen LogP contribution in [0.3, 0.4) is 0 Å². The second kappa shape index (κ2) is 18.9. The number of rotatable bonds is 15. The Kier molecular flexibility index (Phi) is 15.6. The zero-order chi connectivity index (χ0) is 25.0. The number of unbranched alkanes of at least 4 members (excludes halogenated alkanes) is 7. The Bertz CT molecular complexity index is 796. The summed E-state index contributed by atoms with van der Waals surface area (Å²) in [7, 11) is 0. The fourth-order valence-corrected chi connectivity index (χ4v) is 4.35. The SMILES string of the molecule is CC(CCOC(c1ccccc1)c1ccccc1)Cc1ccccc1.CCCCCCCCCC. The van der Waals surface area contributed by atoms with Gasteiger partial charge in [-0.15, -0.1) is 0 Å². The van der Waals surface area contributed by atoms with Gasteiger partial charge in [0, 0.05) is 6.61 Å². The first-order valence-corrected chi connectivity index (χ1v) is 14.0. The summed E-state index contributed by atoms with van der Waals surface area (Å²) in [5, 5.41) is 0. The molecule has 1 nitrogen and oxygen atoms in total. The molecule has 0 aliphatic heterocycles. The molecule has 1 unspecified atom stereocenters. The molecule has 0 amide bonds. The van der Waals surface area contributed by atoms with Gasteiger partial charge < -0.3 is 4.74 Å². The zero-order valence-corrected chi connectivity index (χ0v) is 22.5. The molecule has 0 aliphatic carbocycles. The van der Waals surface area contributed by atoms with Gasteiger partial charge in [-0.1, -0.05) is 163 Å². The van der Waals surface area contributed by atoms with Gasteiger partial charge in [-0.2, -0.15) is 0 Å². The van der Waals surface area contributed by atoms with E-state index >= 15 is 0 Å². The molecule has 0 radical (unpaired) electrons. The highest BCUT2D eigenvalue weighted by Crippen LogP contribution is 2.26. The third kappa shape index (κ3) is 12.8. The van der Waals surface area contributed by atoms with Crippen molar-refractivity contribution in [3.63, 3.8) is 0 Å². The highest BCUT2D eigenvalue weighted by molar-refractivity contribution is 5.29. The summed E-state index contributed by atoms with van der Waals surface area (Å²) >= 11 is 0. The summed E-state index contributed by atoms with van der Waals surface area (Å²) in [6.45, 7) is 7.61. The fraction of sp³-hybridized carbons (Fsp3) is 0.471. The second-order valence-electron chi connectivity index (χ2n) is 9.78. The van der Waals surface area contributed by atoms with Crippen LogP contribution in [0.2, 0.25) is 0 Å². The Morgan fingerprint density at radius 3 is 1.46 bits per heavy atom. The fourth-order valence-electron chi connectivity index (χ4n) is 4.35. The van der Waals surface area contributed by atoms with Gasteiger partial charge in [-0.25, -0.2) is 0 Å².